The second-order valence-corrected chi connectivity index (χ2v) is 6.56. The van der Waals surface area contributed by atoms with Gasteiger partial charge in [0.2, 0.25) is 5.91 Å². The lowest BCUT2D eigenvalue weighted by molar-refractivity contribution is -0.133. The summed E-state index contributed by atoms with van der Waals surface area (Å²) in [5.74, 6) is -0.00762. The first-order valence-corrected chi connectivity index (χ1v) is 8.40. The lowest BCUT2D eigenvalue weighted by atomic mass is 10.0. The van der Waals surface area contributed by atoms with Gasteiger partial charge in [0.1, 0.15) is 5.82 Å². The Labute approximate surface area is 140 Å². The van der Waals surface area contributed by atoms with E-state index in [-0.39, 0.29) is 11.7 Å². The fraction of sp³-hybridized carbons (Fsp3) is 0.368. The number of carbonyl (C=O) groups is 1. The smallest absolute Gasteiger partial charge is 0.242 e. The van der Waals surface area contributed by atoms with Crippen molar-refractivity contribution in [1.82, 2.24) is 9.88 Å². The summed E-state index contributed by atoms with van der Waals surface area (Å²) in [5.41, 5.74) is 4.60. The number of hydrogen-bond acceptors (Lipinski definition) is 3. The van der Waals surface area contributed by atoms with E-state index in [1.165, 1.54) is 6.07 Å². The van der Waals surface area contributed by atoms with E-state index >= 15 is 0 Å². The van der Waals surface area contributed by atoms with E-state index in [4.69, 9.17) is 0 Å². The number of aryl methyl sites for hydroxylation is 1. The maximum absolute atomic E-state index is 13.5. The maximum atomic E-state index is 13.5. The molecular weight excluding hydrogens is 305 g/mol. The molecule has 1 aromatic carbocycles. The number of halogens is 1. The van der Waals surface area contributed by atoms with Gasteiger partial charge in [-0.3, -0.25) is 9.78 Å². The third-order valence-electron chi connectivity index (χ3n) is 4.93. The van der Waals surface area contributed by atoms with E-state index < -0.39 is 0 Å². The van der Waals surface area contributed by atoms with E-state index in [9.17, 15) is 9.18 Å². The van der Waals surface area contributed by atoms with Crippen LogP contribution in [-0.4, -0.2) is 42.0 Å². The van der Waals surface area contributed by atoms with Crippen molar-refractivity contribution in [2.24, 2.45) is 0 Å². The summed E-state index contributed by atoms with van der Waals surface area (Å²) >= 11 is 0. The van der Waals surface area contributed by atoms with Crippen LogP contribution in [0.2, 0.25) is 0 Å². The monoisotopic (exact) mass is 325 g/mol. The van der Waals surface area contributed by atoms with E-state index in [2.05, 4.69) is 16.0 Å². The molecule has 3 heterocycles. The molecule has 1 amide bonds. The van der Waals surface area contributed by atoms with Crippen LogP contribution in [0, 0.1) is 12.7 Å². The second-order valence-electron chi connectivity index (χ2n) is 6.56. The Hall–Kier alpha value is -2.43. The lowest BCUT2D eigenvalue weighted by Crippen LogP contribution is -2.47. The van der Waals surface area contributed by atoms with Gasteiger partial charge in [-0.25, -0.2) is 4.39 Å². The van der Waals surface area contributed by atoms with Crippen LogP contribution in [0.1, 0.15) is 17.7 Å². The molecular formula is C19H20FN3O. The average Bonchev–Trinajstić information content (AvgIpc) is 2.90. The van der Waals surface area contributed by atoms with Gasteiger partial charge in [-0.05, 0) is 42.7 Å². The van der Waals surface area contributed by atoms with Gasteiger partial charge in [-0.1, -0.05) is 6.07 Å². The number of likely N-dealkylation sites (tertiary alicyclic amines) is 1. The molecule has 0 atom stereocenters. The number of carbonyl (C=O) groups excluding carboxylic acids is 1. The van der Waals surface area contributed by atoms with Gasteiger partial charge < -0.3 is 9.80 Å². The minimum atomic E-state index is -0.199. The number of hydrogen-bond donors (Lipinski definition) is 0. The molecule has 1 fully saturated rings. The Balaban J connectivity index is 1.60. The Morgan fingerprint density at radius 1 is 1.21 bits per heavy atom. The molecule has 1 saturated heterocycles. The van der Waals surface area contributed by atoms with Gasteiger partial charge >= 0.3 is 0 Å². The van der Waals surface area contributed by atoms with Crippen molar-refractivity contribution in [1.29, 1.82) is 0 Å². The highest BCUT2D eigenvalue weighted by Crippen LogP contribution is 2.31. The molecule has 5 heteroatoms. The van der Waals surface area contributed by atoms with E-state index in [1.54, 1.807) is 13.0 Å². The van der Waals surface area contributed by atoms with Crippen molar-refractivity contribution >= 4 is 11.6 Å². The molecule has 0 spiro atoms. The number of aromatic nitrogens is 1. The summed E-state index contributed by atoms with van der Waals surface area (Å²) in [6.07, 6.45) is 3.82. The summed E-state index contributed by atoms with van der Waals surface area (Å²) in [7, 11) is 0. The zero-order valence-electron chi connectivity index (χ0n) is 13.8. The summed E-state index contributed by atoms with van der Waals surface area (Å²) in [6.45, 7) is 4.77. The molecule has 0 bridgehead atoms. The molecule has 0 saturated carbocycles. The molecule has 24 heavy (non-hydrogen) atoms. The molecule has 0 radical (unpaired) electrons. The molecule has 4 rings (SSSR count). The summed E-state index contributed by atoms with van der Waals surface area (Å²) < 4.78 is 13.5. The van der Waals surface area contributed by atoms with Crippen LogP contribution in [0.4, 0.5) is 10.1 Å². The van der Waals surface area contributed by atoms with E-state index in [0.717, 1.165) is 55.0 Å². The molecule has 0 N–H and O–H groups in total. The fourth-order valence-corrected chi connectivity index (χ4v) is 3.28. The van der Waals surface area contributed by atoms with Crippen molar-refractivity contribution in [3.63, 3.8) is 0 Å². The molecule has 2 aliphatic heterocycles. The first-order chi connectivity index (χ1) is 11.6. The minimum Gasteiger partial charge on any atom is -0.360 e. The number of anilines is 1. The number of nitrogens with zero attached hydrogens (tertiary/aromatic N) is 3. The quantitative estimate of drug-likeness (QED) is 0.871. The Kier molecular flexibility index (Phi) is 3.71. The van der Waals surface area contributed by atoms with Crippen LogP contribution >= 0.6 is 0 Å². The predicted molar refractivity (Wildman–Crippen MR) is 91.5 cm³/mol. The van der Waals surface area contributed by atoms with Gasteiger partial charge in [0.15, 0.2) is 0 Å². The van der Waals surface area contributed by atoms with Crippen molar-refractivity contribution < 1.29 is 9.18 Å². The molecule has 0 aliphatic carbocycles. The summed E-state index contributed by atoms with van der Waals surface area (Å²) in [4.78, 5) is 20.8. The van der Waals surface area contributed by atoms with E-state index in [1.807, 2.05) is 17.2 Å². The first-order valence-electron chi connectivity index (χ1n) is 8.40. The largest absolute Gasteiger partial charge is 0.360 e. The van der Waals surface area contributed by atoms with Crippen LogP contribution in [0.3, 0.4) is 0 Å². The van der Waals surface area contributed by atoms with Gasteiger partial charge in [0, 0.05) is 37.8 Å². The normalized spacial score (nSPS) is 16.1. The van der Waals surface area contributed by atoms with Crippen molar-refractivity contribution in [3.05, 3.63) is 47.5 Å². The highest BCUT2D eigenvalue weighted by Gasteiger charge is 2.27. The van der Waals surface area contributed by atoms with Gasteiger partial charge in [0.05, 0.1) is 17.9 Å². The molecule has 4 nitrogen and oxygen atoms in total. The summed E-state index contributed by atoms with van der Waals surface area (Å²) in [6, 6.07) is 7.17. The molecule has 2 aliphatic rings. The van der Waals surface area contributed by atoms with Gasteiger partial charge in [-0.15, -0.1) is 0 Å². The number of fused-ring (bicyclic) bond motifs is 1. The fourth-order valence-electron chi connectivity index (χ4n) is 3.28. The molecule has 2 aromatic rings. The third-order valence-corrected chi connectivity index (χ3v) is 4.93. The van der Waals surface area contributed by atoms with Crippen LogP contribution < -0.4 is 4.90 Å². The van der Waals surface area contributed by atoms with Crippen LogP contribution in [0.15, 0.2) is 30.5 Å². The number of pyridine rings is 1. The number of amides is 1. The number of rotatable bonds is 3. The Morgan fingerprint density at radius 3 is 2.75 bits per heavy atom. The SMILES string of the molecule is Cc1cc(-c2cnc3c(c2)N(CC(=O)N2CCC2)CC3)ccc1F. The van der Waals surface area contributed by atoms with Crippen molar-refractivity contribution in [2.45, 2.75) is 19.8 Å². The predicted octanol–water partition coefficient (Wildman–Crippen LogP) is 2.79. The maximum Gasteiger partial charge on any atom is 0.242 e. The lowest BCUT2D eigenvalue weighted by Gasteiger charge is -2.33. The second kappa shape index (κ2) is 5.89. The zero-order valence-corrected chi connectivity index (χ0v) is 13.8. The van der Waals surface area contributed by atoms with Crippen LogP contribution in [-0.2, 0) is 11.2 Å². The van der Waals surface area contributed by atoms with Gasteiger partial charge in [0.25, 0.3) is 0 Å². The van der Waals surface area contributed by atoms with Crippen LogP contribution in [0.5, 0.6) is 0 Å². The third kappa shape index (κ3) is 2.64. The Bertz CT molecular complexity index is 801. The van der Waals surface area contributed by atoms with Crippen LogP contribution in [0.25, 0.3) is 11.1 Å². The zero-order chi connectivity index (χ0) is 16.7. The molecule has 0 unspecified atom stereocenters. The molecule has 1 aromatic heterocycles. The topological polar surface area (TPSA) is 36.4 Å². The average molecular weight is 325 g/mol. The first kappa shape index (κ1) is 15.1. The minimum absolute atomic E-state index is 0.192. The highest BCUT2D eigenvalue weighted by atomic mass is 19.1. The highest BCUT2D eigenvalue weighted by molar-refractivity contribution is 5.83. The van der Waals surface area contributed by atoms with Gasteiger partial charge in [-0.2, -0.15) is 0 Å². The Morgan fingerprint density at radius 2 is 2.04 bits per heavy atom. The van der Waals surface area contributed by atoms with E-state index in [0.29, 0.717) is 12.1 Å². The standard InChI is InChI=1S/C19H20FN3O/c1-13-9-14(3-4-16(13)20)15-10-18-17(21-11-15)5-8-23(18)12-19(24)22-6-2-7-22/h3-4,9-11H,2,5-8,12H2,1H3. The number of benzene rings is 1. The summed E-state index contributed by atoms with van der Waals surface area (Å²) in [5, 5.41) is 0. The van der Waals surface area contributed by atoms with Crippen molar-refractivity contribution in [2.75, 3.05) is 31.1 Å². The molecule has 124 valence electrons. The van der Waals surface area contributed by atoms with Crippen molar-refractivity contribution in [3.8, 4) is 11.1 Å².